The van der Waals surface area contributed by atoms with Crippen molar-refractivity contribution in [2.45, 2.75) is 19.0 Å². The summed E-state index contributed by atoms with van der Waals surface area (Å²) >= 11 is 1.66. The van der Waals surface area contributed by atoms with Crippen LogP contribution in [0.25, 0.3) is 0 Å². The molecule has 28 heavy (non-hydrogen) atoms. The number of carbonyl (C=O) groups is 2. The summed E-state index contributed by atoms with van der Waals surface area (Å²) in [5.41, 5.74) is 2.28. The van der Waals surface area contributed by atoms with Crippen molar-refractivity contribution < 1.29 is 19.1 Å². The molecule has 1 N–H and O–H groups in total. The molecule has 2 aliphatic heterocycles. The van der Waals surface area contributed by atoms with E-state index in [2.05, 4.69) is 5.32 Å². The van der Waals surface area contributed by atoms with Crippen molar-refractivity contribution in [3.8, 4) is 11.5 Å². The van der Waals surface area contributed by atoms with E-state index in [4.69, 9.17) is 9.47 Å². The fourth-order valence-corrected chi connectivity index (χ4v) is 3.99. The Bertz CT molecular complexity index is 902. The van der Waals surface area contributed by atoms with Crippen LogP contribution in [0.15, 0.2) is 42.5 Å². The first-order chi connectivity index (χ1) is 13.7. The van der Waals surface area contributed by atoms with Crippen molar-refractivity contribution in [2.75, 3.05) is 30.5 Å². The molecule has 0 aromatic heterocycles. The zero-order chi connectivity index (χ0) is 19.5. The second-order valence-electron chi connectivity index (χ2n) is 6.74. The predicted octanol–water partition coefficient (Wildman–Crippen LogP) is 3.17. The van der Waals surface area contributed by atoms with E-state index in [1.807, 2.05) is 30.5 Å². The van der Waals surface area contributed by atoms with Gasteiger partial charge in [-0.2, -0.15) is 11.8 Å². The smallest absolute Gasteiger partial charge is 0.255 e. The van der Waals surface area contributed by atoms with Crippen LogP contribution in [0.3, 0.4) is 0 Å². The minimum absolute atomic E-state index is 0.0842. The molecule has 0 unspecified atom stereocenters. The molecule has 0 saturated heterocycles. The molecule has 4 rings (SSSR count). The van der Waals surface area contributed by atoms with Crippen molar-refractivity contribution in [2.24, 2.45) is 0 Å². The number of rotatable bonds is 6. The summed E-state index contributed by atoms with van der Waals surface area (Å²) in [6, 6.07) is 12.3. The Balaban J connectivity index is 1.53. The van der Waals surface area contributed by atoms with Crippen molar-refractivity contribution in [3.63, 3.8) is 0 Å². The van der Waals surface area contributed by atoms with Gasteiger partial charge in [0.05, 0.1) is 0 Å². The van der Waals surface area contributed by atoms with Gasteiger partial charge in [-0.25, -0.2) is 0 Å². The van der Waals surface area contributed by atoms with Crippen molar-refractivity contribution in [1.29, 1.82) is 0 Å². The number of anilines is 1. The lowest BCUT2D eigenvalue weighted by Crippen LogP contribution is -2.44. The highest BCUT2D eigenvalue weighted by molar-refractivity contribution is 7.98. The van der Waals surface area contributed by atoms with Crippen LogP contribution in [-0.4, -0.2) is 48.0 Å². The Morgan fingerprint density at radius 3 is 2.75 bits per heavy atom. The molecule has 6 nitrogen and oxygen atoms in total. The topological polar surface area (TPSA) is 67.9 Å². The molecular formula is C21H22N2O4S. The average Bonchev–Trinajstić information content (AvgIpc) is 3.05. The van der Waals surface area contributed by atoms with E-state index >= 15 is 0 Å². The molecule has 0 saturated carbocycles. The largest absolute Gasteiger partial charge is 0.486 e. The maximum atomic E-state index is 13.1. The van der Waals surface area contributed by atoms with Gasteiger partial charge in [0, 0.05) is 23.9 Å². The second kappa shape index (κ2) is 8.14. The van der Waals surface area contributed by atoms with E-state index in [-0.39, 0.29) is 11.8 Å². The lowest BCUT2D eigenvalue weighted by molar-refractivity contribution is -0.120. The minimum Gasteiger partial charge on any atom is -0.486 e. The van der Waals surface area contributed by atoms with E-state index in [9.17, 15) is 9.59 Å². The summed E-state index contributed by atoms with van der Waals surface area (Å²) < 4.78 is 11.1. The van der Waals surface area contributed by atoms with Gasteiger partial charge in [0.2, 0.25) is 5.91 Å². The molecule has 2 heterocycles. The lowest BCUT2D eigenvalue weighted by atomic mass is 10.1. The van der Waals surface area contributed by atoms with Gasteiger partial charge in [0.15, 0.2) is 11.5 Å². The standard InChI is InChI=1S/C21H22N2O4S/c1-28-11-8-17(23-13-14-4-2-3-5-16(14)21(23)25)20(24)22-15-6-7-18-19(12-15)27-10-9-26-18/h2-7,12,17H,8-11,13H2,1H3,(H,22,24)/t17-/m1/s1. The maximum Gasteiger partial charge on any atom is 0.255 e. The van der Waals surface area contributed by atoms with Crippen molar-refractivity contribution in [3.05, 3.63) is 53.6 Å². The molecule has 2 aromatic rings. The number of thioether (sulfide) groups is 1. The first-order valence-corrected chi connectivity index (χ1v) is 10.6. The van der Waals surface area contributed by atoms with Crippen molar-refractivity contribution >= 4 is 29.3 Å². The van der Waals surface area contributed by atoms with Gasteiger partial charge in [-0.1, -0.05) is 18.2 Å². The number of benzene rings is 2. The number of ether oxygens (including phenoxy) is 2. The third-order valence-corrected chi connectivity index (χ3v) is 5.58. The molecule has 0 spiro atoms. The van der Waals surface area contributed by atoms with Crippen LogP contribution < -0.4 is 14.8 Å². The monoisotopic (exact) mass is 398 g/mol. The highest BCUT2D eigenvalue weighted by Gasteiger charge is 2.36. The van der Waals surface area contributed by atoms with Gasteiger partial charge >= 0.3 is 0 Å². The maximum absolute atomic E-state index is 13.1. The highest BCUT2D eigenvalue weighted by Crippen LogP contribution is 2.33. The molecule has 2 aliphatic rings. The Kier molecular flexibility index (Phi) is 5.43. The number of fused-ring (bicyclic) bond motifs is 2. The molecule has 2 amide bonds. The van der Waals surface area contributed by atoms with E-state index in [1.54, 1.807) is 34.9 Å². The predicted molar refractivity (Wildman–Crippen MR) is 109 cm³/mol. The molecule has 146 valence electrons. The number of amides is 2. The number of nitrogens with one attached hydrogen (secondary N) is 1. The normalized spacial score (nSPS) is 15.9. The quantitative estimate of drug-likeness (QED) is 0.810. The molecule has 0 bridgehead atoms. The third-order valence-electron chi connectivity index (χ3n) is 4.93. The molecule has 2 aromatic carbocycles. The van der Waals surface area contributed by atoms with Crippen LogP contribution in [0, 0.1) is 0 Å². The molecule has 0 fully saturated rings. The fourth-order valence-electron chi connectivity index (χ4n) is 3.53. The third kappa shape index (κ3) is 3.67. The first kappa shape index (κ1) is 18.7. The first-order valence-electron chi connectivity index (χ1n) is 9.25. The van der Waals surface area contributed by atoms with Gasteiger partial charge in [0.1, 0.15) is 19.3 Å². The van der Waals surface area contributed by atoms with Crippen LogP contribution in [0.1, 0.15) is 22.3 Å². The summed E-state index contributed by atoms with van der Waals surface area (Å²) in [5.74, 6) is 1.81. The summed E-state index contributed by atoms with van der Waals surface area (Å²) in [5, 5.41) is 2.95. The Hall–Kier alpha value is -2.67. The van der Waals surface area contributed by atoms with Gasteiger partial charge in [-0.3, -0.25) is 9.59 Å². The Morgan fingerprint density at radius 2 is 1.96 bits per heavy atom. The molecule has 7 heteroatoms. The summed E-state index contributed by atoms with van der Waals surface area (Å²) in [6.45, 7) is 1.47. The van der Waals surface area contributed by atoms with E-state index in [1.165, 1.54) is 0 Å². The summed E-state index contributed by atoms with van der Waals surface area (Å²) in [6.07, 6.45) is 2.59. The minimum atomic E-state index is -0.527. The average molecular weight is 398 g/mol. The Labute approximate surface area is 168 Å². The molecular weight excluding hydrogens is 376 g/mol. The van der Waals surface area contributed by atoms with E-state index in [0.717, 1.165) is 11.3 Å². The number of nitrogens with zero attached hydrogens (tertiary/aromatic N) is 1. The second-order valence-corrected chi connectivity index (χ2v) is 7.72. The van der Waals surface area contributed by atoms with Crippen LogP contribution in [0.5, 0.6) is 11.5 Å². The summed E-state index contributed by atoms with van der Waals surface area (Å²) in [4.78, 5) is 27.6. The number of carbonyl (C=O) groups excluding carboxylic acids is 2. The fraction of sp³-hybridized carbons (Fsp3) is 0.333. The zero-order valence-electron chi connectivity index (χ0n) is 15.6. The SMILES string of the molecule is CSCC[C@H](C(=O)Nc1ccc2c(c1)OCCO2)N1Cc2ccccc2C1=O. The van der Waals surface area contributed by atoms with Crippen LogP contribution >= 0.6 is 11.8 Å². The zero-order valence-corrected chi connectivity index (χ0v) is 16.5. The lowest BCUT2D eigenvalue weighted by Gasteiger charge is -2.27. The van der Waals surface area contributed by atoms with Gasteiger partial charge in [-0.05, 0) is 42.2 Å². The molecule has 0 radical (unpaired) electrons. The van der Waals surface area contributed by atoms with Crippen LogP contribution in [0.2, 0.25) is 0 Å². The number of hydrogen-bond acceptors (Lipinski definition) is 5. The highest BCUT2D eigenvalue weighted by atomic mass is 32.2. The van der Waals surface area contributed by atoms with Crippen LogP contribution in [0.4, 0.5) is 5.69 Å². The van der Waals surface area contributed by atoms with Crippen LogP contribution in [-0.2, 0) is 11.3 Å². The van der Waals surface area contributed by atoms with Gasteiger partial charge in [-0.15, -0.1) is 0 Å². The number of hydrogen-bond donors (Lipinski definition) is 1. The van der Waals surface area contributed by atoms with Crippen molar-refractivity contribution in [1.82, 2.24) is 4.90 Å². The Morgan fingerprint density at radius 1 is 1.18 bits per heavy atom. The van der Waals surface area contributed by atoms with Gasteiger partial charge < -0.3 is 19.7 Å². The van der Waals surface area contributed by atoms with Gasteiger partial charge in [0.25, 0.3) is 5.91 Å². The molecule has 1 atom stereocenters. The van der Waals surface area contributed by atoms with E-state index in [0.29, 0.717) is 48.9 Å². The molecule has 0 aliphatic carbocycles. The van der Waals surface area contributed by atoms with E-state index < -0.39 is 6.04 Å². The summed E-state index contributed by atoms with van der Waals surface area (Å²) in [7, 11) is 0.